The predicted octanol–water partition coefficient (Wildman–Crippen LogP) is 5.99. The maximum atomic E-state index is 13.2. The van der Waals surface area contributed by atoms with Gasteiger partial charge in [-0.2, -0.15) is 0 Å². The molecule has 3 fully saturated rings. The molecule has 4 nitrogen and oxygen atoms in total. The number of esters is 1. The van der Waals surface area contributed by atoms with Crippen LogP contribution in [0.2, 0.25) is 5.02 Å². The molecule has 4 aliphatic rings. The number of carbonyl (C=O) groups is 3. The number of ether oxygens (including phenoxy) is 1. The average Bonchev–Trinajstić information content (AvgIpc) is 3.14. The van der Waals surface area contributed by atoms with Crippen LogP contribution in [0.5, 0.6) is 0 Å². The molecule has 33 heavy (non-hydrogen) atoms. The maximum absolute atomic E-state index is 13.2. The van der Waals surface area contributed by atoms with E-state index in [2.05, 4.69) is 19.9 Å². The lowest BCUT2D eigenvalue weighted by Gasteiger charge is -2.59. The Bertz CT molecular complexity index is 1070. The van der Waals surface area contributed by atoms with Crippen molar-refractivity contribution < 1.29 is 19.1 Å². The van der Waals surface area contributed by atoms with Gasteiger partial charge in [-0.25, -0.2) is 4.79 Å². The van der Waals surface area contributed by atoms with Gasteiger partial charge < -0.3 is 4.74 Å². The van der Waals surface area contributed by atoms with Crippen molar-refractivity contribution in [1.82, 2.24) is 0 Å². The Morgan fingerprint density at radius 1 is 1.06 bits per heavy atom. The third-order valence-electron chi connectivity index (χ3n) is 9.45. The summed E-state index contributed by atoms with van der Waals surface area (Å²) >= 11 is 6.00. The van der Waals surface area contributed by atoms with Crippen LogP contribution >= 0.6 is 11.6 Å². The highest BCUT2D eigenvalue weighted by Crippen LogP contribution is 2.66. The van der Waals surface area contributed by atoms with E-state index in [0.717, 1.165) is 25.7 Å². The van der Waals surface area contributed by atoms with Gasteiger partial charge in [0.05, 0.1) is 5.56 Å². The Morgan fingerprint density at radius 3 is 2.48 bits per heavy atom. The fraction of sp³-hybridized carbons (Fsp3) is 0.536. The molecule has 0 heterocycles. The van der Waals surface area contributed by atoms with E-state index in [-0.39, 0.29) is 46.3 Å². The molecule has 0 spiro atoms. The number of ketones is 2. The smallest absolute Gasteiger partial charge is 0.338 e. The quantitative estimate of drug-likeness (QED) is 0.513. The molecule has 0 amide bonds. The number of benzene rings is 1. The molecule has 7 atom stereocenters. The molecule has 3 saturated carbocycles. The minimum absolute atomic E-state index is 0.0600. The normalized spacial score (nSPS) is 39.2. The van der Waals surface area contributed by atoms with Crippen molar-refractivity contribution in [2.24, 2.45) is 34.5 Å². The summed E-state index contributed by atoms with van der Waals surface area (Å²) in [6.45, 7) is 6.10. The molecule has 0 aliphatic heterocycles. The second-order valence-electron chi connectivity index (χ2n) is 10.8. The molecule has 0 saturated heterocycles. The van der Waals surface area contributed by atoms with Crippen LogP contribution in [-0.2, 0) is 14.3 Å². The van der Waals surface area contributed by atoms with Crippen LogP contribution in [-0.4, -0.2) is 23.6 Å². The van der Waals surface area contributed by atoms with Gasteiger partial charge in [0.15, 0.2) is 5.78 Å². The lowest BCUT2D eigenvalue weighted by atomic mass is 9.46. The lowest BCUT2D eigenvalue weighted by Crippen LogP contribution is -2.57. The highest BCUT2D eigenvalue weighted by Gasteiger charge is 2.64. The third-order valence-corrected chi connectivity index (χ3v) is 9.70. The Labute approximate surface area is 200 Å². The van der Waals surface area contributed by atoms with E-state index in [0.29, 0.717) is 28.8 Å². The first-order chi connectivity index (χ1) is 15.6. The van der Waals surface area contributed by atoms with Crippen molar-refractivity contribution in [1.29, 1.82) is 0 Å². The number of rotatable bonds is 3. The Morgan fingerprint density at radius 2 is 1.79 bits per heavy atom. The summed E-state index contributed by atoms with van der Waals surface area (Å²) in [6.07, 6.45) is 9.71. The molecule has 0 bridgehead atoms. The minimum atomic E-state index is -0.374. The first kappa shape index (κ1) is 22.6. The van der Waals surface area contributed by atoms with Gasteiger partial charge in [0, 0.05) is 21.8 Å². The van der Waals surface area contributed by atoms with Gasteiger partial charge in [-0.1, -0.05) is 37.1 Å². The number of hydrogen-bond donors (Lipinski definition) is 0. The van der Waals surface area contributed by atoms with E-state index >= 15 is 0 Å². The summed E-state index contributed by atoms with van der Waals surface area (Å²) < 4.78 is 6.26. The molecule has 5 heteroatoms. The van der Waals surface area contributed by atoms with E-state index in [9.17, 15) is 14.4 Å². The van der Waals surface area contributed by atoms with Gasteiger partial charge in [0.1, 0.15) is 11.9 Å². The zero-order valence-corrected chi connectivity index (χ0v) is 20.2. The van der Waals surface area contributed by atoms with Crippen LogP contribution in [0.4, 0.5) is 0 Å². The van der Waals surface area contributed by atoms with Crippen LogP contribution in [0.1, 0.15) is 63.2 Å². The van der Waals surface area contributed by atoms with Gasteiger partial charge >= 0.3 is 5.97 Å². The maximum Gasteiger partial charge on any atom is 0.338 e. The van der Waals surface area contributed by atoms with Crippen molar-refractivity contribution >= 4 is 29.1 Å². The summed E-state index contributed by atoms with van der Waals surface area (Å²) in [6, 6.07) is 6.75. The zero-order valence-electron chi connectivity index (χ0n) is 19.5. The zero-order chi connectivity index (χ0) is 23.5. The molecule has 4 aliphatic carbocycles. The van der Waals surface area contributed by atoms with Crippen molar-refractivity contribution in [2.75, 3.05) is 0 Å². The molecule has 0 aromatic heterocycles. The second kappa shape index (κ2) is 7.94. The molecular weight excluding hydrogens is 436 g/mol. The highest BCUT2D eigenvalue weighted by molar-refractivity contribution is 6.30. The average molecular weight is 467 g/mol. The predicted molar refractivity (Wildman–Crippen MR) is 127 cm³/mol. The number of fused-ring (bicyclic) bond motifs is 5. The van der Waals surface area contributed by atoms with Gasteiger partial charge in [-0.05, 0) is 93.2 Å². The number of halogens is 1. The third kappa shape index (κ3) is 3.44. The molecule has 0 radical (unpaired) electrons. The topological polar surface area (TPSA) is 60.4 Å². The Balaban J connectivity index is 1.53. The minimum Gasteiger partial charge on any atom is -0.458 e. The fourth-order valence-corrected chi connectivity index (χ4v) is 7.89. The molecule has 174 valence electrons. The lowest BCUT2D eigenvalue weighted by molar-refractivity contribution is -0.146. The number of allylic oxidation sites excluding steroid dienone is 4. The van der Waals surface area contributed by atoms with Crippen LogP contribution < -0.4 is 0 Å². The molecule has 1 unspecified atom stereocenters. The number of hydrogen-bond acceptors (Lipinski definition) is 4. The first-order valence-corrected chi connectivity index (χ1v) is 12.4. The summed E-state index contributed by atoms with van der Waals surface area (Å²) in [4.78, 5) is 38.0. The Hall–Kier alpha value is -2.20. The van der Waals surface area contributed by atoms with E-state index in [1.165, 1.54) is 5.57 Å². The monoisotopic (exact) mass is 466 g/mol. The van der Waals surface area contributed by atoms with Gasteiger partial charge in [0.25, 0.3) is 0 Å². The molecule has 1 aromatic rings. The van der Waals surface area contributed by atoms with Crippen molar-refractivity contribution in [3.8, 4) is 0 Å². The molecular formula is C28H31ClO4. The van der Waals surface area contributed by atoms with Crippen LogP contribution in [0.3, 0.4) is 0 Å². The second-order valence-corrected chi connectivity index (χ2v) is 11.3. The van der Waals surface area contributed by atoms with Crippen molar-refractivity contribution in [2.45, 2.75) is 59.0 Å². The van der Waals surface area contributed by atoms with Crippen LogP contribution in [0.15, 0.2) is 48.1 Å². The van der Waals surface area contributed by atoms with Crippen molar-refractivity contribution in [3.63, 3.8) is 0 Å². The number of carbonyl (C=O) groups excluding carboxylic acids is 3. The van der Waals surface area contributed by atoms with Crippen LogP contribution in [0.25, 0.3) is 0 Å². The SMILES string of the molecule is CC(=O)[C@H]1CC[C@H]2[C@@H]3CCC4=CC(=O)C=C[C@]4(C)[C@H]3CC(OC(=O)c3ccc(Cl)cc3)[C@]12C. The fourth-order valence-electron chi connectivity index (χ4n) is 7.76. The summed E-state index contributed by atoms with van der Waals surface area (Å²) in [5, 5.41) is 0.569. The molecule has 5 rings (SSSR count). The van der Waals surface area contributed by atoms with Gasteiger partial charge in [0.2, 0.25) is 0 Å². The van der Waals surface area contributed by atoms with E-state index in [4.69, 9.17) is 16.3 Å². The van der Waals surface area contributed by atoms with E-state index < -0.39 is 0 Å². The molecule has 1 aromatic carbocycles. The largest absolute Gasteiger partial charge is 0.458 e. The van der Waals surface area contributed by atoms with Gasteiger partial charge in [-0.15, -0.1) is 0 Å². The number of Topliss-reactive ketones (excluding diaryl/α,β-unsaturated/α-hetero) is 1. The Kier molecular flexibility index (Phi) is 5.43. The van der Waals surface area contributed by atoms with Crippen LogP contribution in [0, 0.1) is 34.5 Å². The summed E-state index contributed by atoms with van der Waals surface area (Å²) in [5.74, 6) is 0.827. The standard InChI is InChI=1S/C28H31ClO4/c1-16(30)22-10-11-23-21-9-6-18-14-20(31)12-13-27(18,2)24(21)15-25(28(22,23)3)33-26(32)17-4-7-19(29)8-5-17/h4-5,7-8,12-14,21-25H,6,9-11,15H2,1-3H3/t21-,22+,23-,24-,25?,27-,28+/m0/s1. The summed E-state index contributed by atoms with van der Waals surface area (Å²) in [7, 11) is 0. The van der Waals surface area contributed by atoms with E-state index in [1.54, 1.807) is 37.3 Å². The molecule has 0 N–H and O–H groups in total. The summed E-state index contributed by atoms with van der Waals surface area (Å²) in [5.41, 5.74) is 1.08. The first-order valence-electron chi connectivity index (χ1n) is 12.1. The van der Waals surface area contributed by atoms with E-state index in [1.807, 2.05) is 6.08 Å². The van der Waals surface area contributed by atoms with Crippen molar-refractivity contribution in [3.05, 3.63) is 58.7 Å². The van der Waals surface area contributed by atoms with Gasteiger partial charge in [-0.3, -0.25) is 9.59 Å². The highest BCUT2D eigenvalue weighted by atomic mass is 35.5.